The van der Waals surface area contributed by atoms with Crippen LogP contribution in [0.1, 0.15) is 51.4 Å². The molecule has 0 bridgehead atoms. The van der Waals surface area contributed by atoms with Crippen LogP contribution in [-0.4, -0.2) is 34.5 Å². The minimum absolute atomic E-state index is 0.0274. The Kier molecular flexibility index (Phi) is 3.50. The summed E-state index contributed by atoms with van der Waals surface area (Å²) >= 11 is 0. The molecular weight excluding hydrogens is 242 g/mol. The molecule has 3 fully saturated rings. The average molecular weight is 265 g/mol. The first-order valence-electron chi connectivity index (χ1n) is 7.70. The molecule has 19 heavy (non-hydrogen) atoms. The van der Waals surface area contributed by atoms with Crippen molar-refractivity contribution in [2.24, 2.45) is 17.8 Å². The molecule has 0 radical (unpaired) electrons. The van der Waals surface area contributed by atoms with Gasteiger partial charge in [0.2, 0.25) is 5.91 Å². The molecule has 1 saturated heterocycles. The molecule has 0 aromatic heterocycles. The molecule has 4 heteroatoms. The van der Waals surface area contributed by atoms with Gasteiger partial charge in [0, 0.05) is 18.5 Å². The zero-order valence-electron chi connectivity index (χ0n) is 11.4. The molecule has 106 valence electrons. The van der Waals surface area contributed by atoms with Crippen LogP contribution in [0, 0.1) is 17.8 Å². The third-order valence-corrected chi connectivity index (χ3v) is 5.41. The van der Waals surface area contributed by atoms with Crippen LogP contribution in [0.15, 0.2) is 0 Å². The van der Waals surface area contributed by atoms with Crippen molar-refractivity contribution in [3.63, 3.8) is 0 Å². The molecule has 1 aliphatic heterocycles. The first-order valence-corrected chi connectivity index (χ1v) is 7.70. The van der Waals surface area contributed by atoms with Gasteiger partial charge in [-0.2, -0.15) is 0 Å². The summed E-state index contributed by atoms with van der Waals surface area (Å²) in [7, 11) is 0. The van der Waals surface area contributed by atoms with Gasteiger partial charge in [0.25, 0.3) is 0 Å². The molecule has 4 atom stereocenters. The predicted molar refractivity (Wildman–Crippen MR) is 70.5 cm³/mol. The van der Waals surface area contributed by atoms with Crippen LogP contribution in [0.2, 0.25) is 0 Å². The lowest BCUT2D eigenvalue weighted by atomic mass is 9.90. The number of aliphatic carboxylic acids is 1. The zero-order chi connectivity index (χ0) is 13.4. The molecule has 4 nitrogen and oxygen atoms in total. The fourth-order valence-electron chi connectivity index (χ4n) is 4.39. The van der Waals surface area contributed by atoms with E-state index in [4.69, 9.17) is 5.11 Å². The van der Waals surface area contributed by atoms with Crippen molar-refractivity contribution in [2.45, 2.75) is 57.4 Å². The largest absolute Gasteiger partial charge is 0.481 e. The second-order valence-corrected chi connectivity index (χ2v) is 6.48. The molecule has 2 unspecified atom stereocenters. The minimum Gasteiger partial charge on any atom is -0.481 e. The number of carbonyl (C=O) groups is 2. The second kappa shape index (κ2) is 5.14. The van der Waals surface area contributed by atoms with Crippen molar-refractivity contribution in [1.29, 1.82) is 0 Å². The highest BCUT2D eigenvalue weighted by Crippen LogP contribution is 2.39. The van der Waals surface area contributed by atoms with Crippen molar-refractivity contribution in [2.75, 3.05) is 6.54 Å². The first-order chi connectivity index (χ1) is 9.16. The lowest BCUT2D eigenvalue weighted by Crippen LogP contribution is -2.48. The quantitative estimate of drug-likeness (QED) is 0.833. The van der Waals surface area contributed by atoms with Crippen LogP contribution in [0.25, 0.3) is 0 Å². The Labute approximate surface area is 114 Å². The summed E-state index contributed by atoms with van der Waals surface area (Å²) < 4.78 is 0. The fraction of sp³-hybridized carbons (Fsp3) is 0.867. The summed E-state index contributed by atoms with van der Waals surface area (Å²) in [5.74, 6) is -0.0824. The molecule has 1 amide bonds. The molecule has 3 aliphatic rings. The summed E-state index contributed by atoms with van der Waals surface area (Å²) in [6.07, 6.45) is 8.09. The maximum Gasteiger partial charge on any atom is 0.306 e. The number of nitrogens with zero attached hydrogens (tertiary/aromatic N) is 1. The molecule has 0 aromatic rings. The third-order valence-electron chi connectivity index (χ3n) is 5.41. The Morgan fingerprint density at radius 3 is 2.42 bits per heavy atom. The monoisotopic (exact) mass is 265 g/mol. The number of carboxylic acids is 1. The Bertz CT molecular complexity index is 382. The third kappa shape index (κ3) is 2.37. The smallest absolute Gasteiger partial charge is 0.306 e. The van der Waals surface area contributed by atoms with Crippen molar-refractivity contribution in [3.8, 4) is 0 Å². The fourth-order valence-corrected chi connectivity index (χ4v) is 4.39. The molecular formula is C15H23NO3. The maximum atomic E-state index is 12.6. The van der Waals surface area contributed by atoms with Crippen molar-refractivity contribution in [3.05, 3.63) is 0 Å². The van der Waals surface area contributed by atoms with E-state index in [1.54, 1.807) is 0 Å². The van der Waals surface area contributed by atoms with E-state index in [-0.39, 0.29) is 17.7 Å². The normalized spacial score (nSPS) is 38.2. The average Bonchev–Trinajstić information content (AvgIpc) is 3.06. The highest BCUT2D eigenvalue weighted by atomic mass is 16.4. The minimum atomic E-state index is -0.729. The Morgan fingerprint density at radius 2 is 1.68 bits per heavy atom. The molecule has 2 aliphatic carbocycles. The number of rotatable bonds is 2. The lowest BCUT2D eigenvalue weighted by molar-refractivity contribution is -0.142. The van der Waals surface area contributed by atoms with Gasteiger partial charge < -0.3 is 10.0 Å². The summed E-state index contributed by atoms with van der Waals surface area (Å²) in [6.45, 7) is 0.897. The van der Waals surface area contributed by atoms with Crippen LogP contribution in [-0.2, 0) is 9.59 Å². The van der Waals surface area contributed by atoms with Crippen LogP contribution in [0.3, 0.4) is 0 Å². The summed E-state index contributed by atoms with van der Waals surface area (Å²) in [5.41, 5.74) is 0. The summed E-state index contributed by atoms with van der Waals surface area (Å²) in [4.78, 5) is 25.8. The number of hydrogen-bond acceptors (Lipinski definition) is 2. The van der Waals surface area contributed by atoms with Gasteiger partial charge in [-0.3, -0.25) is 9.59 Å². The second-order valence-electron chi connectivity index (χ2n) is 6.48. The number of carboxylic acid groups (broad SMARTS) is 1. The number of hydrogen-bond donors (Lipinski definition) is 1. The van der Waals surface area contributed by atoms with E-state index in [0.29, 0.717) is 18.9 Å². The number of amides is 1. The number of carbonyl (C=O) groups excluding carboxylic acids is 1. The molecule has 3 rings (SSSR count). The molecule has 1 heterocycles. The summed E-state index contributed by atoms with van der Waals surface area (Å²) in [5, 5.41) is 9.05. The standard InChI is InChI=1S/C15H23NO3/c17-14(11-6-7-12(9-11)15(18)19)16-8-2-4-10-3-1-5-13(10)16/h10-13H,1-9H2,(H,18,19)/t10?,11-,12+,13?/m1/s1. The first kappa shape index (κ1) is 12.9. The SMILES string of the molecule is O=C(O)[C@H]1CC[C@@H](C(=O)N2CCCC3CCCC32)C1. The van der Waals surface area contributed by atoms with Crippen LogP contribution in [0.4, 0.5) is 0 Å². The summed E-state index contributed by atoms with van der Waals surface area (Å²) in [6, 6.07) is 0.463. The number of piperidine rings is 1. The Morgan fingerprint density at radius 1 is 0.947 bits per heavy atom. The van der Waals surface area contributed by atoms with E-state index in [9.17, 15) is 9.59 Å². The van der Waals surface area contributed by atoms with Gasteiger partial charge in [-0.1, -0.05) is 6.42 Å². The van der Waals surface area contributed by atoms with E-state index in [1.165, 1.54) is 19.3 Å². The van der Waals surface area contributed by atoms with Gasteiger partial charge in [-0.15, -0.1) is 0 Å². The maximum absolute atomic E-state index is 12.6. The van der Waals surface area contributed by atoms with Crippen LogP contribution in [0.5, 0.6) is 0 Å². The van der Waals surface area contributed by atoms with E-state index in [0.717, 1.165) is 31.7 Å². The Hall–Kier alpha value is -1.06. The van der Waals surface area contributed by atoms with Crippen molar-refractivity contribution < 1.29 is 14.7 Å². The van der Waals surface area contributed by atoms with Gasteiger partial charge in [0.15, 0.2) is 0 Å². The number of fused-ring (bicyclic) bond motifs is 1. The zero-order valence-corrected chi connectivity index (χ0v) is 11.4. The van der Waals surface area contributed by atoms with Crippen LogP contribution >= 0.6 is 0 Å². The Balaban J connectivity index is 1.65. The topological polar surface area (TPSA) is 57.6 Å². The van der Waals surface area contributed by atoms with Crippen LogP contribution < -0.4 is 0 Å². The molecule has 2 saturated carbocycles. The number of likely N-dealkylation sites (tertiary alicyclic amines) is 1. The molecule has 1 N–H and O–H groups in total. The van der Waals surface area contributed by atoms with E-state index >= 15 is 0 Å². The van der Waals surface area contributed by atoms with Gasteiger partial charge in [0.05, 0.1) is 5.92 Å². The highest BCUT2D eigenvalue weighted by Gasteiger charge is 2.42. The van der Waals surface area contributed by atoms with Crippen molar-refractivity contribution in [1.82, 2.24) is 4.90 Å². The van der Waals surface area contributed by atoms with Gasteiger partial charge in [-0.05, 0) is 50.9 Å². The molecule has 0 aromatic carbocycles. The van der Waals surface area contributed by atoms with Gasteiger partial charge in [-0.25, -0.2) is 0 Å². The van der Waals surface area contributed by atoms with Gasteiger partial charge in [0.1, 0.15) is 0 Å². The lowest BCUT2D eigenvalue weighted by Gasteiger charge is -2.39. The van der Waals surface area contributed by atoms with E-state index in [2.05, 4.69) is 4.90 Å². The van der Waals surface area contributed by atoms with E-state index < -0.39 is 5.97 Å². The van der Waals surface area contributed by atoms with E-state index in [1.807, 2.05) is 0 Å². The van der Waals surface area contributed by atoms with Crippen molar-refractivity contribution >= 4 is 11.9 Å². The predicted octanol–water partition coefficient (Wildman–Crippen LogP) is 2.28. The highest BCUT2D eigenvalue weighted by molar-refractivity contribution is 5.81. The van der Waals surface area contributed by atoms with Gasteiger partial charge >= 0.3 is 5.97 Å². The molecule has 0 spiro atoms.